The standard InChI is InChI=1S/C23H25N3O5/c1-14(2)20-11-21(17(13-28)9-16(20)12-27)22-24-25-23(29)26(22)6-5-15-7-18(30-3)10-19(8-15)31-4/h7-14H,5-6H2,1-4H3,(H,25,29). The molecule has 0 amide bonds. The fourth-order valence-electron chi connectivity index (χ4n) is 3.50. The van der Waals surface area contributed by atoms with Gasteiger partial charge in [0.15, 0.2) is 12.1 Å². The van der Waals surface area contributed by atoms with E-state index < -0.39 is 0 Å². The second-order valence-corrected chi connectivity index (χ2v) is 7.40. The maximum absolute atomic E-state index is 11.7. The molecule has 1 aromatic heterocycles. The predicted molar refractivity (Wildman–Crippen MR) is 115 cm³/mol. The van der Waals surface area contributed by atoms with Crippen LogP contribution in [0.5, 0.6) is 17.5 Å². The van der Waals surface area contributed by atoms with E-state index in [2.05, 4.69) is 10.2 Å². The van der Waals surface area contributed by atoms with Crippen LogP contribution in [0.2, 0.25) is 0 Å². The van der Waals surface area contributed by atoms with E-state index in [0.717, 1.165) is 17.4 Å². The molecule has 0 saturated heterocycles. The molecule has 0 aliphatic carbocycles. The zero-order valence-corrected chi connectivity index (χ0v) is 18.0. The van der Waals surface area contributed by atoms with E-state index in [1.54, 1.807) is 37.0 Å². The third-order valence-electron chi connectivity index (χ3n) is 5.14. The lowest BCUT2D eigenvalue weighted by Gasteiger charge is -2.15. The van der Waals surface area contributed by atoms with Crippen LogP contribution in [0.25, 0.3) is 11.4 Å². The van der Waals surface area contributed by atoms with Crippen LogP contribution in [0.1, 0.15) is 51.6 Å². The zero-order chi connectivity index (χ0) is 22.5. The van der Waals surface area contributed by atoms with Crippen LogP contribution in [0.4, 0.5) is 0 Å². The third-order valence-corrected chi connectivity index (χ3v) is 5.14. The van der Waals surface area contributed by atoms with Gasteiger partial charge in [-0.1, -0.05) is 18.9 Å². The van der Waals surface area contributed by atoms with E-state index >= 15 is 0 Å². The molecule has 8 heteroatoms. The van der Waals surface area contributed by atoms with E-state index in [0.29, 0.717) is 53.3 Å². The number of aromatic hydroxyl groups is 1. The van der Waals surface area contributed by atoms with Crippen LogP contribution in [-0.2, 0) is 13.0 Å². The van der Waals surface area contributed by atoms with Gasteiger partial charge in [-0.2, -0.15) is 0 Å². The molecule has 0 aliphatic rings. The summed E-state index contributed by atoms with van der Waals surface area (Å²) in [6, 6.07) is 8.61. The number of rotatable bonds is 9. The van der Waals surface area contributed by atoms with Gasteiger partial charge in [0.1, 0.15) is 17.8 Å². The Morgan fingerprint density at radius 2 is 1.61 bits per heavy atom. The van der Waals surface area contributed by atoms with E-state index in [-0.39, 0.29) is 11.9 Å². The fraction of sp³-hybridized carbons (Fsp3) is 0.304. The fourth-order valence-corrected chi connectivity index (χ4v) is 3.50. The SMILES string of the molecule is COc1cc(CCn2c(O)nnc2-c2cc(C(C)C)c(C=O)cc2C=O)cc(OC)c1. The summed E-state index contributed by atoms with van der Waals surface area (Å²) in [7, 11) is 3.16. The molecule has 3 rings (SSSR count). The second-order valence-electron chi connectivity index (χ2n) is 7.40. The molecule has 1 N–H and O–H groups in total. The van der Waals surface area contributed by atoms with Crippen LogP contribution >= 0.6 is 0 Å². The normalized spacial score (nSPS) is 10.9. The van der Waals surface area contributed by atoms with Crippen molar-refractivity contribution in [2.24, 2.45) is 0 Å². The first-order valence-electron chi connectivity index (χ1n) is 9.84. The van der Waals surface area contributed by atoms with Crippen LogP contribution in [0.15, 0.2) is 30.3 Å². The van der Waals surface area contributed by atoms with Gasteiger partial charge >= 0.3 is 6.01 Å². The van der Waals surface area contributed by atoms with Gasteiger partial charge in [0.05, 0.1) is 14.2 Å². The number of carbonyl (C=O) groups excluding carboxylic acids is 2. The van der Waals surface area contributed by atoms with Crippen LogP contribution in [0.3, 0.4) is 0 Å². The van der Waals surface area contributed by atoms with Crippen molar-refractivity contribution >= 4 is 12.6 Å². The second kappa shape index (κ2) is 9.42. The van der Waals surface area contributed by atoms with Crippen LogP contribution in [0, 0.1) is 0 Å². The van der Waals surface area contributed by atoms with E-state index in [1.807, 2.05) is 26.0 Å². The Morgan fingerprint density at radius 1 is 0.968 bits per heavy atom. The maximum Gasteiger partial charge on any atom is 0.314 e. The number of benzene rings is 2. The predicted octanol–water partition coefficient (Wildman–Crippen LogP) is 3.66. The first-order chi connectivity index (χ1) is 14.9. The molecule has 0 fully saturated rings. The van der Waals surface area contributed by atoms with Crippen molar-refractivity contribution in [3.8, 4) is 28.9 Å². The summed E-state index contributed by atoms with van der Waals surface area (Å²) >= 11 is 0. The highest BCUT2D eigenvalue weighted by atomic mass is 16.5. The molecule has 0 atom stereocenters. The van der Waals surface area contributed by atoms with E-state index in [4.69, 9.17) is 9.47 Å². The molecule has 0 radical (unpaired) electrons. The minimum atomic E-state index is -0.257. The van der Waals surface area contributed by atoms with Crippen LogP contribution in [-0.4, -0.2) is 46.7 Å². The molecule has 8 nitrogen and oxygen atoms in total. The number of aldehydes is 2. The molecule has 1 heterocycles. The van der Waals surface area contributed by atoms with Gasteiger partial charge in [-0.25, -0.2) is 0 Å². The highest BCUT2D eigenvalue weighted by Crippen LogP contribution is 2.31. The first-order valence-corrected chi connectivity index (χ1v) is 9.84. The van der Waals surface area contributed by atoms with Gasteiger partial charge in [-0.05, 0) is 47.7 Å². The number of methoxy groups -OCH3 is 2. The smallest absolute Gasteiger partial charge is 0.314 e. The molecular weight excluding hydrogens is 398 g/mol. The van der Waals surface area contributed by atoms with Crippen LogP contribution < -0.4 is 9.47 Å². The molecule has 0 unspecified atom stereocenters. The average molecular weight is 423 g/mol. The lowest BCUT2D eigenvalue weighted by molar-refractivity contribution is 0.112. The van der Waals surface area contributed by atoms with Crippen molar-refractivity contribution in [2.75, 3.05) is 14.2 Å². The Hall–Kier alpha value is -3.68. The number of aromatic nitrogens is 3. The van der Waals surface area contributed by atoms with E-state index in [9.17, 15) is 14.7 Å². The van der Waals surface area contributed by atoms with Gasteiger partial charge in [0.25, 0.3) is 0 Å². The van der Waals surface area contributed by atoms with Gasteiger partial charge in [-0.3, -0.25) is 14.2 Å². The Bertz CT molecular complexity index is 1080. The molecule has 3 aromatic rings. The molecular formula is C23H25N3O5. The van der Waals surface area contributed by atoms with Gasteiger partial charge in [-0.15, -0.1) is 5.10 Å². The Morgan fingerprint density at radius 3 is 2.16 bits per heavy atom. The number of carbonyl (C=O) groups is 2. The topological polar surface area (TPSA) is 104 Å². The van der Waals surface area contributed by atoms with Gasteiger partial charge in [0, 0.05) is 29.3 Å². The summed E-state index contributed by atoms with van der Waals surface area (Å²) in [5, 5.41) is 18.2. The van der Waals surface area contributed by atoms with Gasteiger partial charge < -0.3 is 14.6 Å². The summed E-state index contributed by atoms with van der Waals surface area (Å²) in [6.07, 6.45) is 1.95. The van der Waals surface area contributed by atoms with Crippen molar-refractivity contribution in [3.05, 3.63) is 52.6 Å². The lowest BCUT2D eigenvalue weighted by atomic mass is 9.92. The van der Waals surface area contributed by atoms with Crippen molar-refractivity contribution in [1.29, 1.82) is 0 Å². The summed E-state index contributed by atoms with van der Waals surface area (Å²) in [4.78, 5) is 23.2. The van der Waals surface area contributed by atoms with Crippen molar-refractivity contribution in [1.82, 2.24) is 14.8 Å². The Kier molecular flexibility index (Phi) is 6.69. The maximum atomic E-state index is 11.7. The monoisotopic (exact) mass is 423 g/mol. The molecule has 0 bridgehead atoms. The number of hydrogen-bond acceptors (Lipinski definition) is 7. The summed E-state index contributed by atoms with van der Waals surface area (Å²) in [5.74, 6) is 1.75. The molecule has 162 valence electrons. The molecule has 2 aromatic carbocycles. The lowest BCUT2D eigenvalue weighted by Crippen LogP contribution is -2.07. The average Bonchev–Trinajstić information content (AvgIpc) is 3.16. The first kappa shape index (κ1) is 22.0. The summed E-state index contributed by atoms with van der Waals surface area (Å²) in [6.45, 7) is 4.28. The zero-order valence-electron chi connectivity index (χ0n) is 18.0. The van der Waals surface area contributed by atoms with Crippen molar-refractivity contribution in [2.45, 2.75) is 32.7 Å². The van der Waals surface area contributed by atoms with Crippen molar-refractivity contribution < 1.29 is 24.2 Å². The van der Waals surface area contributed by atoms with Crippen molar-refractivity contribution in [3.63, 3.8) is 0 Å². The highest BCUT2D eigenvalue weighted by Gasteiger charge is 2.20. The highest BCUT2D eigenvalue weighted by molar-refractivity contribution is 5.91. The number of ether oxygens (including phenoxy) is 2. The number of nitrogens with zero attached hydrogens (tertiary/aromatic N) is 3. The molecule has 31 heavy (non-hydrogen) atoms. The molecule has 0 saturated carbocycles. The minimum absolute atomic E-state index is 0.0638. The van der Waals surface area contributed by atoms with E-state index in [1.165, 1.54) is 0 Å². The Labute approximate surface area is 180 Å². The summed E-state index contributed by atoms with van der Waals surface area (Å²) in [5.41, 5.74) is 3.01. The largest absolute Gasteiger partial charge is 0.497 e. The summed E-state index contributed by atoms with van der Waals surface area (Å²) < 4.78 is 12.2. The Balaban J connectivity index is 2.01. The number of aryl methyl sites for hydroxylation is 1. The number of hydrogen-bond donors (Lipinski definition) is 1. The van der Waals surface area contributed by atoms with Gasteiger partial charge in [0.2, 0.25) is 0 Å². The minimum Gasteiger partial charge on any atom is -0.497 e. The third kappa shape index (κ3) is 4.58. The molecule has 0 aliphatic heterocycles. The molecule has 0 spiro atoms. The quantitative estimate of drug-likeness (QED) is 0.524.